The first-order valence-corrected chi connectivity index (χ1v) is 9.44. The van der Waals surface area contributed by atoms with Crippen LogP contribution >= 0.6 is 0 Å². The second-order valence-corrected chi connectivity index (χ2v) is 7.89. The minimum atomic E-state index is 0.343. The molecule has 0 saturated carbocycles. The Morgan fingerprint density at radius 2 is 1.60 bits per heavy atom. The Kier molecular flexibility index (Phi) is 4.43. The van der Waals surface area contributed by atoms with E-state index in [-0.39, 0.29) is 0 Å². The van der Waals surface area contributed by atoms with Crippen molar-refractivity contribution in [1.82, 2.24) is 4.90 Å². The number of nitrogens with zero attached hydrogens (tertiary/aromatic N) is 2. The van der Waals surface area contributed by atoms with Crippen LogP contribution in [0.1, 0.15) is 19.4 Å². The van der Waals surface area contributed by atoms with E-state index in [0.717, 1.165) is 25.6 Å². The summed E-state index contributed by atoms with van der Waals surface area (Å²) in [6, 6.07) is 19.1. The molecule has 0 amide bonds. The van der Waals surface area contributed by atoms with Gasteiger partial charge in [0.2, 0.25) is 0 Å². The number of aromatic hydroxyl groups is 1. The number of phenolic OH excluding ortho intramolecular Hbond substituents is 1. The number of anilines is 1. The van der Waals surface area contributed by atoms with Crippen molar-refractivity contribution in [2.24, 2.45) is 17.8 Å². The average Bonchev–Trinajstić information content (AvgIpc) is 2.87. The van der Waals surface area contributed by atoms with Crippen LogP contribution in [0, 0.1) is 17.8 Å². The molecule has 1 N–H and O–H groups in total. The van der Waals surface area contributed by atoms with E-state index in [1.54, 1.807) is 0 Å². The molecule has 3 heteroatoms. The molecule has 3 nitrogen and oxygen atoms in total. The summed E-state index contributed by atoms with van der Waals surface area (Å²) in [6.45, 7) is 9.29. The fourth-order valence-electron chi connectivity index (χ4n) is 4.69. The minimum absolute atomic E-state index is 0.343. The third-order valence-corrected chi connectivity index (χ3v) is 6.38. The molecule has 0 aliphatic carbocycles. The van der Waals surface area contributed by atoms with Gasteiger partial charge in [0.25, 0.3) is 0 Å². The summed E-state index contributed by atoms with van der Waals surface area (Å²) in [6.07, 6.45) is 0. The third kappa shape index (κ3) is 3.25. The van der Waals surface area contributed by atoms with Crippen LogP contribution in [-0.4, -0.2) is 35.7 Å². The third-order valence-electron chi connectivity index (χ3n) is 6.38. The molecule has 0 radical (unpaired) electrons. The summed E-state index contributed by atoms with van der Waals surface area (Å²) >= 11 is 0. The Hall–Kier alpha value is -2.00. The lowest BCUT2D eigenvalue weighted by atomic mass is 9.76. The standard InChI is InChI=1S/C22H28N2O/c1-16-17(2)22-15-23(12-18-6-4-3-5-7-18)13-19(16)14-24(22)20-8-10-21(25)11-9-20/h3-11,16-17,19,22,25H,12-15H2,1-2H3/t16?,17-,19+,22?/m0/s1. The number of fused-ring (bicyclic) bond motifs is 4. The van der Waals surface area contributed by atoms with E-state index in [2.05, 4.69) is 66.1 Å². The van der Waals surface area contributed by atoms with Gasteiger partial charge in [-0.15, -0.1) is 0 Å². The molecule has 3 fully saturated rings. The summed E-state index contributed by atoms with van der Waals surface area (Å²) in [5.41, 5.74) is 2.65. The normalized spacial score (nSPS) is 29.6. The summed E-state index contributed by atoms with van der Waals surface area (Å²) < 4.78 is 0. The van der Waals surface area contributed by atoms with Gasteiger partial charge in [0.1, 0.15) is 5.75 Å². The second kappa shape index (κ2) is 6.72. The van der Waals surface area contributed by atoms with Crippen LogP contribution in [-0.2, 0) is 6.54 Å². The number of hydrogen-bond acceptors (Lipinski definition) is 3. The predicted molar refractivity (Wildman–Crippen MR) is 103 cm³/mol. The molecule has 0 aromatic heterocycles. The fourth-order valence-corrected chi connectivity index (χ4v) is 4.69. The molecule has 25 heavy (non-hydrogen) atoms. The van der Waals surface area contributed by atoms with Crippen molar-refractivity contribution in [2.75, 3.05) is 24.5 Å². The van der Waals surface area contributed by atoms with Crippen molar-refractivity contribution in [2.45, 2.75) is 26.4 Å². The van der Waals surface area contributed by atoms with Gasteiger partial charge in [-0.2, -0.15) is 0 Å². The largest absolute Gasteiger partial charge is 0.508 e. The molecule has 3 aliphatic rings. The van der Waals surface area contributed by atoms with Crippen LogP contribution in [0.25, 0.3) is 0 Å². The van der Waals surface area contributed by atoms with Gasteiger partial charge in [0, 0.05) is 37.9 Å². The van der Waals surface area contributed by atoms with Crippen LogP contribution in [0.4, 0.5) is 5.69 Å². The van der Waals surface area contributed by atoms with Crippen LogP contribution in [0.2, 0.25) is 0 Å². The lowest BCUT2D eigenvalue weighted by Crippen LogP contribution is -2.52. The monoisotopic (exact) mass is 336 g/mol. The molecule has 2 unspecified atom stereocenters. The molecular weight excluding hydrogens is 308 g/mol. The van der Waals surface area contributed by atoms with E-state index < -0.39 is 0 Å². The number of benzene rings is 2. The zero-order valence-electron chi connectivity index (χ0n) is 15.2. The van der Waals surface area contributed by atoms with E-state index >= 15 is 0 Å². The summed E-state index contributed by atoms with van der Waals surface area (Å²) in [4.78, 5) is 5.23. The Morgan fingerprint density at radius 3 is 2.32 bits per heavy atom. The number of piperidine rings is 1. The van der Waals surface area contributed by atoms with Gasteiger partial charge >= 0.3 is 0 Å². The molecule has 132 valence electrons. The van der Waals surface area contributed by atoms with Gasteiger partial charge < -0.3 is 10.0 Å². The molecule has 3 heterocycles. The van der Waals surface area contributed by atoms with Gasteiger partial charge in [0.05, 0.1) is 0 Å². The van der Waals surface area contributed by atoms with E-state index in [1.165, 1.54) is 17.8 Å². The van der Waals surface area contributed by atoms with Gasteiger partial charge in [0.15, 0.2) is 0 Å². The molecule has 5 rings (SSSR count). The summed E-state index contributed by atoms with van der Waals surface area (Å²) in [7, 11) is 0. The van der Waals surface area contributed by atoms with Crippen molar-refractivity contribution in [1.29, 1.82) is 0 Å². The highest BCUT2D eigenvalue weighted by atomic mass is 16.3. The van der Waals surface area contributed by atoms with Crippen molar-refractivity contribution in [3.63, 3.8) is 0 Å². The van der Waals surface area contributed by atoms with Gasteiger partial charge in [-0.05, 0) is 47.6 Å². The predicted octanol–water partition coefficient (Wildman–Crippen LogP) is 3.99. The minimum Gasteiger partial charge on any atom is -0.508 e. The number of rotatable bonds is 3. The van der Waals surface area contributed by atoms with E-state index in [0.29, 0.717) is 23.6 Å². The first-order chi connectivity index (χ1) is 12.1. The van der Waals surface area contributed by atoms with Crippen LogP contribution < -0.4 is 4.90 Å². The lowest BCUT2D eigenvalue weighted by molar-refractivity contribution is 0.203. The topological polar surface area (TPSA) is 26.7 Å². The van der Waals surface area contributed by atoms with Crippen molar-refractivity contribution < 1.29 is 5.11 Å². The van der Waals surface area contributed by atoms with Crippen LogP contribution in [0.3, 0.4) is 0 Å². The Balaban J connectivity index is 1.59. The van der Waals surface area contributed by atoms with Crippen molar-refractivity contribution >= 4 is 5.69 Å². The number of phenols is 1. The number of hydrogen-bond donors (Lipinski definition) is 1. The highest BCUT2D eigenvalue weighted by Gasteiger charge is 2.43. The molecule has 3 aliphatic heterocycles. The molecule has 2 aromatic rings. The first-order valence-electron chi connectivity index (χ1n) is 9.44. The lowest BCUT2D eigenvalue weighted by Gasteiger charge is -2.45. The zero-order valence-corrected chi connectivity index (χ0v) is 15.2. The van der Waals surface area contributed by atoms with Crippen molar-refractivity contribution in [3.8, 4) is 5.75 Å². The highest BCUT2D eigenvalue weighted by Crippen LogP contribution is 2.39. The molecule has 3 saturated heterocycles. The smallest absolute Gasteiger partial charge is 0.115 e. The van der Waals surface area contributed by atoms with Crippen LogP contribution in [0.15, 0.2) is 54.6 Å². The van der Waals surface area contributed by atoms with E-state index in [9.17, 15) is 5.11 Å². The highest BCUT2D eigenvalue weighted by molar-refractivity contribution is 5.51. The van der Waals surface area contributed by atoms with E-state index in [1.807, 2.05) is 12.1 Å². The Bertz CT molecular complexity index is 700. The zero-order chi connectivity index (χ0) is 17.4. The summed E-state index contributed by atoms with van der Waals surface area (Å²) in [5.74, 6) is 2.45. The molecule has 4 atom stereocenters. The summed E-state index contributed by atoms with van der Waals surface area (Å²) in [5, 5.41) is 9.62. The van der Waals surface area contributed by atoms with Gasteiger partial charge in [-0.3, -0.25) is 4.90 Å². The van der Waals surface area contributed by atoms with Crippen molar-refractivity contribution in [3.05, 3.63) is 60.2 Å². The SMILES string of the molecule is CC1[C@@H]2CN(Cc3ccccc3)CC([C@H]1C)N(c1ccc(O)cc1)C2. The maximum absolute atomic E-state index is 9.62. The van der Waals surface area contributed by atoms with Crippen LogP contribution in [0.5, 0.6) is 5.75 Å². The molecule has 2 bridgehead atoms. The average molecular weight is 336 g/mol. The van der Waals surface area contributed by atoms with E-state index in [4.69, 9.17) is 0 Å². The Morgan fingerprint density at radius 1 is 0.880 bits per heavy atom. The maximum Gasteiger partial charge on any atom is 0.115 e. The second-order valence-electron chi connectivity index (χ2n) is 7.89. The maximum atomic E-state index is 9.62. The first kappa shape index (κ1) is 16.5. The van der Waals surface area contributed by atoms with Gasteiger partial charge in [-0.25, -0.2) is 0 Å². The molecule has 0 spiro atoms. The molecular formula is C22H28N2O. The van der Waals surface area contributed by atoms with Gasteiger partial charge in [-0.1, -0.05) is 44.2 Å². The molecule has 2 aromatic carbocycles. The Labute approximate surface area is 150 Å². The quantitative estimate of drug-likeness (QED) is 0.918. The fraction of sp³-hybridized carbons (Fsp3) is 0.455.